The molecule has 96 valence electrons. The second kappa shape index (κ2) is 6.07. The van der Waals surface area contributed by atoms with Crippen LogP contribution in [-0.4, -0.2) is 19.3 Å². The summed E-state index contributed by atoms with van der Waals surface area (Å²) in [6.07, 6.45) is 0. The number of hydrogen-bond acceptors (Lipinski definition) is 5. The van der Waals surface area contributed by atoms with E-state index >= 15 is 0 Å². The van der Waals surface area contributed by atoms with Gasteiger partial charge in [-0.15, -0.1) is 0 Å². The average Bonchev–Trinajstić information content (AvgIpc) is 2.85. The highest BCUT2D eigenvalue weighted by Gasteiger charge is 2.04. The predicted octanol–water partition coefficient (Wildman–Crippen LogP) is 1.98. The summed E-state index contributed by atoms with van der Waals surface area (Å²) in [4.78, 5) is 0. The first-order valence-corrected chi connectivity index (χ1v) is 5.67. The number of hydrogen-bond donors (Lipinski definition) is 1. The van der Waals surface area contributed by atoms with Crippen LogP contribution in [0.3, 0.4) is 0 Å². The molecular weight excluding hydrogens is 232 g/mol. The van der Waals surface area contributed by atoms with E-state index < -0.39 is 0 Å². The second-order valence-electron chi connectivity index (χ2n) is 3.78. The molecule has 2 aromatic rings. The fraction of sp³-hybridized carbons (Fsp3) is 0.308. The third kappa shape index (κ3) is 3.24. The molecule has 1 aromatic carbocycles. The van der Waals surface area contributed by atoms with E-state index in [0.29, 0.717) is 18.9 Å². The predicted molar refractivity (Wildman–Crippen MR) is 66.6 cm³/mol. The van der Waals surface area contributed by atoms with Crippen LogP contribution >= 0.6 is 0 Å². The molecule has 0 saturated heterocycles. The molecule has 0 unspecified atom stereocenters. The average molecular weight is 248 g/mol. The molecule has 0 atom stereocenters. The summed E-state index contributed by atoms with van der Waals surface area (Å²) in [5, 5.41) is 6.91. The van der Waals surface area contributed by atoms with Crippen molar-refractivity contribution in [1.29, 1.82) is 0 Å². The van der Waals surface area contributed by atoms with E-state index in [-0.39, 0.29) is 0 Å². The lowest BCUT2D eigenvalue weighted by molar-refractivity contribution is 0.248. The lowest BCUT2D eigenvalue weighted by Gasteiger charge is -2.04. The van der Waals surface area contributed by atoms with Gasteiger partial charge in [-0.3, -0.25) is 0 Å². The number of ether oxygens (including phenoxy) is 2. The molecule has 18 heavy (non-hydrogen) atoms. The highest BCUT2D eigenvalue weighted by Crippen LogP contribution is 2.18. The summed E-state index contributed by atoms with van der Waals surface area (Å²) in [6, 6.07) is 9.28. The Morgan fingerprint density at radius 2 is 1.94 bits per heavy atom. The first-order valence-electron chi connectivity index (χ1n) is 5.67. The zero-order valence-electron chi connectivity index (χ0n) is 10.5. The van der Waals surface area contributed by atoms with Crippen LogP contribution in [0.4, 0.5) is 0 Å². The van der Waals surface area contributed by atoms with Crippen LogP contribution < -0.4 is 14.8 Å². The molecule has 0 spiro atoms. The Balaban J connectivity index is 1.89. The van der Waals surface area contributed by atoms with Gasteiger partial charge >= 0.3 is 0 Å². The number of nitrogens with one attached hydrogen (secondary N) is 1. The zero-order chi connectivity index (χ0) is 12.8. The maximum absolute atomic E-state index is 5.57. The van der Waals surface area contributed by atoms with Crippen molar-refractivity contribution in [2.75, 3.05) is 14.2 Å². The van der Waals surface area contributed by atoms with Crippen molar-refractivity contribution in [3.05, 3.63) is 41.8 Å². The van der Waals surface area contributed by atoms with Gasteiger partial charge in [-0.1, -0.05) is 5.16 Å². The maximum Gasteiger partial charge on any atom is 0.174 e. The molecule has 1 heterocycles. The van der Waals surface area contributed by atoms with Gasteiger partial charge in [-0.2, -0.15) is 0 Å². The SMILES string of the molecule is CNCc1cc(COc2ccc(OC)cc2)on1. The molecular formula is C13H16N2O3. The van der Waals surface area contributed by atoms with Crippen LogP contribution in [0.15, 0.2) is 34.9 Å². The summed E-state index contributed by atoms with van der Waals surface area (Å²) >= 11 is 0. The third-order valence-corrected chi connectivity index (χ3v) is 2.41. The molecule has 1 aromatic heterocycles. The number of aromatic nitrogens is 1. The molecule has 0 bridgehead atoms. The molecule has 5 heteroatoms. The highest BCUT2D eigenvalue weighted by atomic mass is 16.5. The zero-order valence-corrected chi connectivity index (χ0v) is 10.5. The minimum absolute atomic E-state index is 0.364. The first kappa shape index (κ1) is 12.4. The fourth-order valence-corrected chi connectivity index (χ4v) is 1.51. The van der Waals surface area contributed by atoms with Crippen LogP contribution in [0.1, 0.15) is 11.5 Å². The fourth-order valence-electron chi connectivity index (χ4n) is 1.51. The molecule has 0 aliphatic carbocycles. The van der Waals surface area contributed by atoms with Crippen molar-refractivity contribution in [2.45, 2.75) is 13.2 Å². The Hall–Kier alpha value is -2.01. The van der Waals surface area contributed by atoms with E-state index in [9.17, 15) is 0 Å². The Bertz CT molecular complexity index is 479. The van der Waals surface area contributed by atoms with Crippen molar-refractivity contribution in [1.82, 2.24) is 10.5 Å². The number of rotatable bonds is 6. The van der Waals surface area contributed by atoms with Gasteiger partial charge in [0.25, 0.3) is 0 Å². The van der Waals surface area contributed by atoms with Crippen LogP contribution in [0, 0.1) is 0 Å². The van der Waals surface area contributed by atoms with Crippen molar-refractivity contribution < 1.29 is 14.0 Å². The van der Waals surface area contributed by atoms with E-state index in [4.69, 9.17) is 14.0 Å². The standard InChI is InChI=1S/C13H16N2O3/c1-14-8-10-7-13(18-15-10)9-17-12-5-3-11(16-2)4-6-12/h3-7,14H,8-9H2,1-2H3. The van der Waals surface area contributed by atoms with E-state index in [0.717, 1.165) is 17.2 Å². The van der Waals surface area contributed by atoms with Crippen LogP contribution in [-0.2, 0) is 13.2 Å². The van der Waals surface area contributed by atoms with Crippen molar-refractivity contribution in [2.24, 2.45) is 0 Å². The van der Waals surface area contributed by atoms with E-state index in [1.807, 2.05) is 37.4 Å². The minimum atomic E-state index is 0.364. The molecule has 0 saturated carbocycles. The Kier molecular flexibility index (Phi) is 4.20. The molecule has 0 aliphatic rings. The van der Waals surface area contributed by atoms with Crippen molar-refractivity contribution in [3.8, 4) is 11.5 Å². The highest BCUT2D eigenvalue weighted by molar-refractivity contribution is 5.31. The number of methoxy groups -OCH3 is 1. The molecule has 0 fully saturated rings. The topological polar surface area (TPSA) is 56.5 Å². The summed E-state index contributed by atoms with van der Waals surface area (Å²) in [6.45, 7) is 1.05. The molecule has 1 N–H and O–H groups in total. The Labute approximate surface area is 106 Å². The molecule has 0 radical (unpaired) electrons. The van der Waals surface area contributed by atoms with Gasteiger partial charge in [0.2, 0.25) is 0 Å². The maximum atomic E-state index is 5.57. The van der Waals surface area contributed by atoms with Crippen molar-refractivity contribution in [3.63, 3.8) is 0 Å². The first-order chi connectivity index (χ1) is 8.81. The number of benzene rings is 1. The lowest BCUT2D eigenvalue weighted by Crippen LogP contribution is -2.04. The van der Waals surface area contributed by atoms with Gasteiger partial charge in [0, 0.05) is 12.6 Å². The van der Waals surface area contributed by atoms with Crippen LogP contribution in [0.25, 0.3) is 0 Å². The molecule has 2 rings (SSSR count). The summed E-state index contributed by atoms with van der Waals surface area (Å²) in [5.74, 6) is 2.27. The van der Waals surface area contributed by atoms with Gasteiger partial charge in [0.05, 0.1) is 12.8 Å². The molecule has 5 nitrogen and oxygen atoms in total. The lowest BCUT2D eigenvalue weighted by atomic mass is 10.3. The minimum Gasteiger partial charge on any atom is -0.497 e. The summed E-state index contributed by atoms with van der Waals surface area (Å²) < 4.78 is 15.8. The summed E-state index contributed by atoms with van der Waals surface area (Å²) in [5.41, 5.74) is 0.867. The Morgan fingerprint density at radius 3 is 2.61 bits per heavy atom. The largest absolute Gasteiger partial charge is 0.497 e. The molecule has 0 amide bonds. The second-order valence-corrected chi connectivity index (χ2v) is 3.78. The smallest absolute Gasteiger partial charge is 0.174 e. The van der Waals surface area contributed by atoms with Crippen molar-refractivity contribution >= 4 is 0 Å². The van der Waals surface area contributed by atoms with Gasteiger partial charge in [-0.25, -0.2) is 0 Å². The van der Waals surface area contributed by atoms with Gasteiger partial charge < -0.3 is 19.3 Å². The van der Waals surface area contributed by atoms with Gasteiger partial charge in [-0.05, 0) is 31.3 Å². The number of nitrogens with zero attached hydrogens (tertiary/aromatic N) is 1. The third-order valence-electron chi connectivity index (χ3n) is 2.41. The van der Waals surface area contributed by atoms with E-state index in [2.05, 4.69) is 10.5 Å². The summed E-state index contributed by atoms with van der Waals surface area (Å²) in [7, 11) is 3.50. The van der Waals surface area contributed by atoms with E-state index in [1.165, 1.54) is 0 Å². The monoisotopic (exact) mass is 248 g/mol. The normalized spacial score (nSPS) is 10.3. The quantitative estimate of drug-likeness (QED) is 0.847. The van der Waals surface area contributed by atoms with E-state index in [1.54, 1.807) is 7.11 Å². The van der Waals surface area contributed by atoms with Crippen LogP contribution in [0.5, 0.6) is 11.5 Å². The molecule has 0 aliphatic heterocycles. The van der Waals surface area contributed by atoms with Gasteiger partial charge in [0.1, 0.15) is 18.1 Å². The Morgan fingerprint density at radius 1 is 1.22 bits per heavy atom. The van der Waals surface area contributed by atoms with Gasteiger partial charge in [0.15, 0.2) is 5.76 Å². The van der Waals surface area contributed by atoms with Crippen LogP contribution in [0.2, 0.25) is 0 Å².